The third-order valence-corrected chi connectivity index (χ3v) is 5.09. The lowest BCUT2D eigenvalue weighted by atomic mass is 10.0. The van der Waals surface area contributed by atoms with E-state index in [1.165, 1.54) is 11.1 Å². The molecule has 0 saturated carbocycles. The van der Waals surface area contributed by atoms with Gasteiger partial charge in [-0.2, -0.15) is 5.10 Å². The Morgan fingerprint density at radius 3 is 2.85 bits per heavy atom. The number of H-pyrrole nitrogens is 1. The van der Waals surface area contributed by atoms with Gasteiger partial charge in [0.25, 0.3) is 0 Å². The molecule has 0 amide bonds. The van der Waals surface area contributed by atoms with Gasteiger partial charge in [0.2, 0.25) is 0 Å². The zero-order valence-electron chi connectivity index (χ0n) is 15.2. The van der Waals surface area contributed by atoms with Gasteiger partial charge in [0.1, 0.15) is 0 Å². The van der Waals surface area contributed by atoms with Gasteiger partial charge in [-0.25, -0.2) is 0 Å². The molecule has 1 unspecified atom stereocenters. The fourth-order valence-corrected chi connectivity index (χ4v) is 3.56. The fraction of sp³-hybridized carbons (Fsp3) is 0.333. The van der Waals surface area contributed by atoms with Crippen LogP contribution in [-0.4, -0.2) is 39.7 Å². The van der Waals surface area contributed by atoms with E-state index >= 15 is 0 Å². The Hall–Kier alpha value is -2.50. The summed E-state index contributed by atoms with van der Waals surface area (Å²) in [6.07, 6.45) is 4.72. The largest absolute Gasteiger partial charge is 0.314 e. The molecule has 1 aliphatic heterocycles. The lowest BCUT2D eigenvalue weighted by Gasteiger charge is -2.36. The van der Waals surface area contributed by atoms with Crippen LogP contribution < -0.4 is 5.32 Å². The maximum atomic E-state index is 4.47. The van der Waals surface area contributed by atoms with Crippen molar-refractivity contribution in [2.24, 2.45) is 0 Å². The summed E-state index contributed by atoms with van der Waals surface area (Å²) < 4.78 is 0. The molecule has 1 aliphatic rings. The van der Waals surface area contributed by atoms with Crippen molar-refractivity contribution in [1.82, 2.24) is 25.4 Å². The molecule has 1 saturated heterocycles. The highest BCUT2D eigenvalue weighted by Crippen LogP contribution is 2.25. The highest BCUT2D eigenvalue weighted by Gasteiger charge is 2.24. The van der Waals surface area contributed by atoms with Crippen LogP contribution in [0.5, 0.6) is 0 Å². The molecule has 0 radical (unpaired) electrons. The Morgan fingerprint density at radius 2 is 2.08 bits per heavy atom. The van der Waals surface area contributed by atoms with E-state index in [1.807, 2.05) is 18.3 Å². The number of nitrogens with zero attached hydrogens (tertiary/aromatic N) is 3. The zero-order valence-corrected chi connectivity index (χ0v) is 15.2. The monoisotopic (exact) mass is 347 g/mol. The SMILES string of the molecule is CCc1ccc(C2CNCCN2Cc2cc(-c3cccnc3)n[nH]2)cc1. The summed E-state index contributed by atoms with van der Waals surface area (Å²) >= 11 is 0. The van der Waals surface area contributed by atoms with Crippen LogP contribution >= 0.6 is 0 Å². The van der Waals surface area contributed by atoms with Crippen molar-refractivity contribution in [3.05, 3.63) is 71.7 Å². The molecule has 2 N–H and O–H groups in total. The number of aromatic amines is 1. The van der Waals surface area contributed by atoms with Crippen molar-refractivity contribution in [1.29, 1.82) is 0 Å². The molecule has 4 rings (SSSR count). The molecular formula is C21H25N5. The third kappa shape index (κ3) is 3.69. The minimum Gasteiger partial charge on any atom is -0.314 e. The van der Waals surface area contributed by atoms with Crippen LogP contribution in [0.2, 0.25) is 0 Å². The van der Waals surface area contributed by atoms with Crippen LogP contribution in [0, 0.1) is 0 Å². The molecule has 0 spiro atoms. The number of hydrogen-bond acceptors (Lipinski definition) is 4. The van der Waals surface area contributed by atoms with Crippen LogP contribution in [0.25, 0.3) is 11.3 Å². The molecular weight excluding hydrogens is 322 g/mol. The molecule has 134 valence electrons. The normalized spacial score (nSPS) is 18.1. The number of nitrogens with one attached hydrogen (secondary N) is 2. The predicted molar refractivity (Wildman–Crippen MR) is 104 cm³/mol. The van der Waals surface area contributed by atoms with Crippen molar-refractivity contribution in [3.63, 3.8) is 0 Å². The first-order valence-electron chi connectivity index (χ1n) is 9.32. The van der Waals surface area contributed by atoms with Gasteiger partial charge >= 0.3 is 0 Å². The number of aromatic nitrogens is 3. The third-order valence-electron chi connectivity index (χ3n) is 5.09. The quantitative estimate of drug-likeness (QED) is 0.744. The number of pyridine rings is 1. The molecule has 2 aromatic heterocycles. The lowest BCUT2D eigenvalue weighted by Crippen LogP contribution is -2.45. The Morgan fingerprint density at radius 1 is 1.19 bits per heavy atom. The molecule has 1 fully saturated rings. The molecule has 0 aliphatic carbocycles. The van der Waals surface area contributed by atoms with E-state index in [9.17, 15) is 0 Å². The summed E-state index contributed by atoms with van der Waals surface area (Å²) in [5, 5.41) is 11.2. The molecule has 1 aromatic carbocycles. The summed E-state index contributed by atoms with van der Waals surface area (Å²) in [5.41, 5.74) is 5.90. The van der Waals surface area contributed by atoms with Gasteiger partial charge in [0.05, 0.1) is 5.69 Å². The van der Waals surface area contributed by atoms with Crippen LogP contribution in [0.15, 0.2) is 54.9 Å². The van der Waals surface area contributed by atoms with E-state index in [4.69, 9.17) is 0 Å². The highest BCUT2D eigenvalue weighted by atomic mass is 15.2. The van der Waals surface area contributed by atoms with Crippen LogP contribution in [0.1, 0.15) is 29.8 Å². The van der Waals surface area contributed by atoms with Crippen LogP contribution in [0.3, 0.4) is 0 Å². The van der Waals surface area contributed by atoms with Crippen molar-refractivity contribution in [2.45, 2.75) is 25.9 Å². The number of piperazine rings is 1. The molecule has 3 heterocycles. The Balaban J connectivity index is 1.51. The summed E-state index contributed by atoms with van der Waals surface area (Å²) in [5.74, 6) is 0. The van der Waals surface area contributed by atoms with Gasteiger partial charge in [0.15, 0.2) is 0 Å². The van der Waals surface area contributed by atoms with Gasteiger partial charge in [-0.15, -0.1) is 0 Å². The van der Waals surface area contributed by atoms with E-state index < -0.39 is 0 Å². The zero-order chi connectivity index (χ0) is 17.8. The van der Waals surface area contributed by atoms with Crippen LogP contribution in [0.4, 0.5) is 0 Å². The van der Waals surface area contributed by atoms with Gasteiger partial charge in [-0.05, 0) is 35.7 Å². The maximum absolute atomic E-state index is 4.47. The highest BCUT2D eigenvalue weighted by molar-refractivity contribution is 5.57. The Labute approximate surface area is 154 Å². The second-order valence-electron chi connectivity index (χ2n) is 6.81. The van der Waals surface area contributed by atoms with Crippen molar-refractivity contribution >= 4 is 0 Å². The lowest BCUT2D eigenvalue weighted by molar-refractivity contribution is 0.152. The van der Waals surface area contributed by atoms with E-state index in [1.54, 1.807) is 6.20 Å². The maximum Gasteiger partial charge on any atom is 0.0939 e. The Kier molecular flexibility index (Phi) is 5.09. The number of hydrogen-bond donors (Lipinski definition) is 2. The minimum absolute atomic E-state index is 0.389. The summed E-state index contributed by atoms with van der Waals surface area (Å²) in [7, 11) is 0. The second-order valence-corrected chi connectivity index (χ2v) is 6.81. The summed E-state index contributed by atoms with van der Waals surface area (Å²) in [4.78, 5) is 6.71. The van der Waals surface area contributed by atoms with Crippen LogP contribution in [-0.2, 0) is 13.0 Å². The Bertz CT molecular complexity index is 825. The van der Waals surface area contributed by atoms with E-state index in [2.05, 4.69) is 62.7 Å². The number of aryl methyl sites for hydroxylation is 1. The first-order valence-corrected chi connectivity index (χ1v) is 9.32. The average Bonchev–Trinajstić information content (AvgIpc) is 3.18. The second kappa shape index (κ2) is 7.81. The number of benzene rings is 1. The van der Waals surface area contributed by atoms with Gasteiger partial charge in [-0.3, -0.25) is 15.0 Å². The van der Waals surface area contributed by atoms with E-state index in [0.29, 0.717) is 6.04 Å². The molecule has 1 atom stereocenters. The van der Waals surface area contributed by atoms with Gasteiger partial charge in [-0.1, -0.05) is 31.2 Å². The van der Waals surface area contributed by atoms with Crippen molar-refractivity contribution in [2.75, 3.05) is 19.6 Å². The first-order chi connectivity index (χ1) is 12.8. The van der Waals surface area contributed by atoms with Crippen molar-refractivity contribution < 1.29 is 0 Å². The molecule has 5 heteroatoms. The summed E-state index contributed by atoms with van der Waals surface area (Å²) in [6, 6.07) is 15.6. The first kappa shape index (κ1) is 16.9. The topological polar surface area (TPSA) is 56.8 Å². The van der Waals surface area contributed by atoms with E-state index in [0.717, 1.165) is 49.6 Å². The molecule has 26 heavy (non-hydrogen) atoms. The fourth-order valence-electron chi connectivity index (χ4n) is 3.56. The molecule has 3 aromatic rings. The number of rotatable bonds is 5. The smallest absolute Gasteiger partial charge is 0.0939 e. The van der Waals surface area contributed by atoms with Gasteiger partial charge < -0.3 is 5.32 Å². The minimum atomic E-state index is 0.389. The van der Waals surface area contributed by atoms with Crippen molar-refractivity contribution in [3.8, 4) is 11.3 Å². The standard InChI is InChI=1S/C21H25N5/c1-2-16-5-7-17(8-6-16)21-14-23-10-11-26(21)15-19-12-20(25-24-19)18-4-3-9-22-13-18/h3-9,12-13,21,23H,2,10-11,14-15H2,1H3,(H,24,25). The summed E-state index contributed by atoms with van der Waals surface area (Å²) in [6.45, 7) is 6.10. The molecule has 5 nitrogen and oxygen atoms in total. The average molecular weight is 347 g/mol. The molecule has 0 bridgehead atoms. The predicted octanol–water partition coefficient (Wildman–Crippen LogP) is 3.18. The van der Waals surface area contributed by atoms with Gasteiger partial charge in [0, 0.05) is 55.9 Å². The van der Waals surface area contributed by atoms with E-state index in [-0.39, 0.29) is 0 Å².